The predicted molar refractivity (Wildman–Crippen MR) is 86.4 cm³/mol. The number of aromatic nitrogens is 1. The largest absolute Gasteiger partial charge is 0.481 e. The number of amides is 1. The summed E-state index contributed by atoms with van der Waals surface area (Å²) in [6, 6.07) is 1.42. The molecular weight excluding hydrogens is 314 g/mol. The molecule has 0 saturated heterocycles. The average molecular weight is 335 g/mol. The minimum absolute atomic E-state index is 0.0575. The number of carbonyl (C=O) groups excluding carboxylic acids is 1. The summed E-state index contributed by atoms with van der Waals surface area (Å²) in [5, 5.41) is 12.1. The molecule has 1 aromatic heterocycles. The third-order valence-corrected chi connectivity index (χ3v) is 4.17. The minimum atomic E-state index is -1.17. The molecule has 130 valence electrons. The van der Waals surface area contributed by atoms with E-state index < -0.39 is 11.5 Å². The van der Waals surface area contributed by atoms with E-state index in [1.54, 1.807) is 6.92 Å². The maximum atomic E-state index is 12.3. The molecule has 8 heteroatoms. The fourth-order valence-electron chi connectivity index (χ4n) is 2.37. The van der Waals surface area contributed by atoms with Crippen molar-refractivity contribution in [2.75, 3.05) is 14.2 Å². The molecule has 2 N–H and O–H groups in total. The monoisotopic (exact) mass is 335 g/mol. The van der Waals surface area contributed by atoms with Crippen LogP contribution in [0.25, 0.3) is 0 Å². The SMILES string of the molecule is COCc1cc(C(=O)O)c(C2=NC(C)(C(C)C)C(=O)N2)nc1OC. The van der Waals surface area contributed by atoms with Gasteiger partial charge in [-0.15, -0.1) is 0 Å². The Bertz CT molecular complexity index is 714. The van der Waals surface area contributed by atoms with Crippen molar-refractivity contribution in [3.63, 3.8) is 0 Å². The summed E-state index contributed by atoms with van der Waals surface area (Å²) in [6.45, 7) is 5.61. The summed E-state index contributed by atoms with van der Waals surface area (Å²) in [5.41, 5.74) is -0.477. The molecule has 1 aromatic rings. The number of aliphatic imine (C=N–C) groups is 1. The van der Waals surface area contributed by atoms with Crippen LogP contribution in [0.4, 0.5) is 0 Å². The summed E-state index contributed by atoms with van der Waals surface area (Å²) in [6.07, 6.45) is 0. The van der Waals surface area contributed by atoms with E-state index in [2.05, 4.69) is 15.3 Å². The second kappa shape index (κ2) is 6.56. The number of carboxylic acids is 1. The number of rotatable bonds is 6. The van der Waals surface area contributed by atoms with Crippen molar-refractivity contribution in [2.24, 2.45) is 10.9 Å². The van der Waals surface area contributed by atoms with Gasteiger partial charge in [-0.1, -0.05) is 13.8 Å². The van der Waals surface area contributed by atoms with Crippen molar-refractivity contribution in [2.45, 2.75) is 32.9 Å². The first-order chi connectivity index (χ1) is 11.2. The maximum absolute atomic E-state index is 12.3. The normalized spacial score (nSPS) is 20.1. The number of carboxylic acid groups (broad SMARTS) is 1. The van der Waals surface area contributed by atoms with Crippen molar-refractivity contribution in [3.8, 4) is 5.88 Å². The molecule has 0 saturated carbocycles. The molecule has 1 atom stereocenters. The Hall–Kier alpha value is -2.48. The number of hydrogen-bond donors (Lipinski definition) is 2. The molecule has 2 rings (SSSR count). The fourth-order valence-corrected chi connectivity index (χ4v) is 2.37. The number of carbonyl (C=O) groups is 2. The van der Waals surface area contributed by atoms with E-state index in [0.717, 1.165) is 0 Å². The number of hydrogen-bond acceptors (Lipinski definition) is 6. The smallest absolute Gasteiger partial charge is 0.338 e. The van der Waals surface area contributed by atoms with Gasteiger partial charge in [0.05, 0.1) is 19.3 Å². The Kier molecular flexibility index (Phi) is 4.88. The van der Waals surface area contributed by atoms with Crippen LogP contribution in [0.2, 0.25) is 0 Å². The average Bonchev–Trinajstić information content (AvgIpc) is 2.84. The number of nitrogens with zero attached hydrogens (tertiary/aromatic N) is 2. The van der Waals surface area contributed by atoms with Gasteiger partial charge in [0.15, 0.2) is 5.84 Å². The standard InChI is InChI=1S/C16H21N3O5/c1-8(2)16(3)15(22)18-12(19-16)11-10(14(20)21)6-9(7-23-4)13(17-11)24-5/h6,8H,7H2,1-5H3,(H,20,21)(H,18,19,22). The van der Waals surface area contributed by atoms with Crippen LogP contribution in [0.3, 0.4) is 0 Å². The third kappa shape index (κ3) is 2.96. The van der Waals surface area contributed by atoms with E-state index in [-0.39, 0.29) is 41.4 Å². The lowest BCUT2D eigenvalue weighted by atomic mass is 9.89. The minimum Gasteiger partial charge on any atom is -0.481 e. The van der Waals surface area contributed by atoms with Crippen LogP contribution in [-0.4, -0.2) is 47.6 Å². The van der Waals surface area contributed by atoms with Crippen LogP contribution in [0.1, 0.15) is 42.4 Å². The van der Waals surface area contributed by atoms with E-state index in [1.165, 1.54) is 20.3 Å². The van der Waals surface area contributed by atoms with Crippen LogP contribution >= 0.6 is 0 Å². The van der Waals surface area contributed by atoms with Crippen LogP contribution in [0, 0.1) is 5.92 Å². The van der Waals surface area contributed by atoms with Gasteiger partial charge in [-0.2, -0.15) is 0 Å². The second-order valence-corrected chi connectivity index (χ2v) is 6.01. The van der Waals surface area contributed by atoms with Gasteiger partial charge in [0.2, 0.25) is 5.88 Å². The van der Waals surface area contributed by atoms with Gasteiger partial charge in [0.1, 0.15) is 11.2 Å². The number of nitrogens with one attached hydrogen (secondary N) is 1. The topological polar surface area (TPSA) is 110 Å². The van der Waals surface area contributed by atoms with Gasteiger partial charge in [0.25, 0.3) is 5.91 Å². The number of aromatic carboxylic acids is 1. The lowest BCUT2D eigenvalue weighted by Crippen LogP contribution is -2.41. The highest BCUT2D eigenvalue weighted by Crippen LogP contribution is 2.28. The first-order valence-corrected chi connectivity index (χ1v) is 7.46. The molecule has 24 heavy (non-hydrogen) atoms. The summed E-state index contributed by atoms with van der Waals surface area (Å²) in [5.74, 6) is -1.15. The van der Waals surface area contributed by atoms with Crippen LogP contribution in [0.15, 0.2) is 11.1 Å². The molecule has 0 aliphatic carbocycles. The summed E-state index contributed by atoms with van der Waals surface area (Å²) < 4.78 is 10.2. The Morgan fingerprint density at radius 2 is 2.08 bits per heavy atom. The van der Waals surface area contributed by atoms with E-state index in [9.17, 15) is 14.7 Å². The third-order valence-electron chi connectivity index (χ3n) is 4.17. The lowest BCUT2D eigenvalue weighted by molar-refractivity contribution is -0.124. The number of pyridine rings is 1. The Labute approximate surface area is 139 Å². The quantitative estimate of drug-likeness (QED) is 0.809. The van der Waals surface area contributed by atoms with Crippen molar-refractivity contribution >= 4 is 17.7 Å². The van der Waals surface area contributed by atoms with Gasteiger partial charge in [0, 0.05) is 12.7 Å². The van der Waals surface area contributed by atoms with E-state index in [4.69, 9.17) is 9.47 Å². The lowest BCUT2D eigenvalue weighted by Gasteiger charge is -2.21. The summed E-state index contributed by atoms with van der Waals surface area (Å²) >= 11 is 0. The molecule has 1 unspecified atom stereocenters. The molecule has 0 radical (unpaired) electrons. The van der Waals surface area contributed by atoms with Crippen molar-refractivity contribution < 1.29 is 24.2 Å². The Morgan fingerprint density at radius 1 is 1.42 bits per heavy atom. The first-order valence-electron chi connectivity index (χ1n) is 7.46. The zero-order valence-corrected chi connectivity index (χ0v) is 14.3. The molecule has 8 nitrogen and oxygen atoms in total. The van der Waals surface area contributed by atoms with E-state index in [0.29, 0.717) is 5.56 Å². The van der Waals surface area contributed by atoms with Gasteiger partial charge >= 0.3 is 5.97 Å². The van der Waals surface area contributed by atoms with E-state index >= 15 is 0 Å². The van der Waals surface area contributed by atoms with Crippen LogP contribution in [-0.2, 0) is 16.1 Å². The van der Waals surface area contributed by atoms with Crippen molar-refractivity contribution in [1.82, 2.24) is 10.3 Å². The van der Waals surface area contributed by atoms with Gasteiger partial charge in [-0.3, -0.25) is 4.79 Å². The van der Waals surface area contributed by atoms with E-state index in [1.807, 2.05) is 13.8 Å². The number of amidine groups is 1. The molecule has 0 spiro atoms. The number of methoxy groups -OCH3 is 2. The van der Waals surface area contributed by atoms with Gasteiger partial charge in [-0.25, -0.2) is 14.8 Å². The zero-order chi connectivity index (χ0) is 18.1. The Morgan fingerprint density at radius 3 is 2.54 bits per heavy atom. The highest BCUT2D eigenvalue weighted by atomic mass is 16.5. The summed E-state index contributed by atoms with van der Waals surface area (Å²) in [7, 11) is 2.92. The van der Waals surface area contributed by atoms with Crippen molar-refractivity contribution in [1.29, 1.82) is 0 Å². The van der Waals surface area contributed by atoms with Crippen molar-refractivity contribution in [3.05, 3.63) is 22.9 Å². The molecule has 0 aromatic carbocycles. The molecule has 0 bridgehead atoms. The summed E-state index contributed by atoms with van der Waals surface area (Å²) in [4.78, 5) is 32.5. The molecule has 0 fully saturated rings. The Balaban J connectivity index is 2.62. The predicted octanol–water partition coefficient (Wildman–Crippen LogP) is 1.23. The second-order valence-electron chi connectivity index (χ2n) is 6.01. The zero-order valence-electron chi connectivity index (χ0n) is 14.3. The maximum Gasteiger partial charge on any atom is 0.338 e. The molecule has 1 aliphatic heterocycles. The fraction of sp³-hybridized carbons (Fsp3) is 0.500. The molecule has 1 amide bonds. The highest BCUT2D eigenvalue weighted by Gasteiger charge is 2.43. The molecular formula is C16H21N3O5. The number of ether oxygens (including phenoxy) is 2. The van der Waals surface area contributed by atoms with Gasteiger partial charge < -0.3 is 19.9 Å². The van der Waals surface area contributed by atoms with Gasteiger partial charge in [-0.05, 0) is 18.9 Å². The molecule has 1 aliphatic rings. The highest BCUT2D eigenvalue weighted by molar-refractivity contribution is 6.17. The van der Waals surface area contributed by atoms with Crippen LogP contribution in [0.5, 0.6) is 5.88 Å². The molecule has 2 heterocycles. The van der Waals surface area contributed by atoms with Crippen LogP contribution < -0.4 is 10.1 Å². The first kappa shape index (κ1) is 17.9.